The minimum atomic E-state index is -3.17. The fraction of sp³-hybridized carbons (Fsp3) is 0.800. The second kappa shape index (κ2) is 7.14. The molecule has 0 aromatic rings. The van der Waals surface area contributed by atoms with Crippen molar-refractivity contribution in [3.05, 3.63) is 12.7 Å². The Labute approximate surface area is 96.0 Å². The van der Waals surface area contributed by atoms with Gasteiger partial charge in [0.15, 0.2) is 0 Å². The molecule has 0 aromatic carbocycles. The Morgan fingerprint density at radius 3 is 2.27 bits per heavy atom. The molecule has 0 bridgehead atoms. The Bertz CT molecular complexity index is 188. The molecule has 2 atom stereocenters. The van der Waals surface area contributed by atoms with Crippen LogP contribution in [0.3, 0.4) is 0 Å². The van der Waals surface area contributed by atoms with Crippen molar-refractivity contribution in [1.29, 1.82) is 0 Å². The third kappa shape index (κ3) is 6.07. The quantitative estimate of drug-likeness (QED) is 0.704. The second-order valence-electron chi connectivity index (χ2n) is 3.99. The van der Waals surface area contributed by atoms with Crippen LogP contribution in [0.1, 0.15) is 26.7 Å². The van der Waals surface area contributed by atoms with Crippen molar-refractivity contribution in [3.8, 4) is 0 Å². The zero-order chi connectivity index (χ0) is 11.4. The second-order valence-corrected chi connectivity index (χ2v) is 3.99. The molecule has 0 rings (SSSR count). The molecule has 3 N–H and O–H groups in total. The van der Waals surface area contributed by atoms with Crippen LogP contribution in [0, 0.1) is 5.92 Å². The summed E-state index contributed by atoms with van der Waals surface area (Å²) in [5.41, 5.74) is 5.47. The van der Waals surface area contributed by atoms with Crippen molar-refractivity contribution >= 4 is 12.4 Å². The first kappa shape index (κ1) is 17.2. The normalized spacial score (nSPS) is 15.7. The van der Waals surface area contributed by atoms with Crippen molar-refractivity contribution in [2.24, 2.45) is 11.7 Å². The van der Waals surface area contributed by atoms with Crippen LogP contribution in [0.5, 0.6) is 0 Å². The third-order valence-electron chi connectivity index (χ3n) is 2.00. The molecule has 0 saturated carbocycles. The van der Waals surface area contributed by atoms with E-state index in [1.165, 1.54) is 0 Å². The predicted molar refractivity (Wildman–Crippen MR) is 60.4 cm³/mol. The maximum atomic E-state index is 13.1. The Morgan fingerprint density at radius 1 is 1.47 bits per heavy atom. The van der Waals surface area contributed by atoms with Crippen LogP contribution in [0.2, 0.25) is 0 Å². The molecule has 0 aromatic heterocycles. The summed E-state index contributed by atoms with van der Waals surface area (Å²) in [4.78, 5) is 0. The highest BCUT2D eigenvalue weighted by molar-refractivity contribution is 5.85. The van der Waals surface area contributed by atoms with E-state index in [1.54, 1.807) is 0 Å². The van der Waals surface area contributed by atoms with Crippen molar-refractivity contribution in [3.63, 3.8) is 0 Å². The number of aliphatic hydroxyl groups is 1. The summed E-state index contributed by atoms with van der Waals surface area (Å²) in [5.74, 6) is -2.98. The topological polar surface area (TPSA) is 46.2 Å². The van der Waals surface area contributed by atoms with Crippen molar-refractivity contribution in [2.45, 2.75) is 44.8 Å². The maximum absolute atomic E-state index is 13.1. The summed E-state index contributed by atoms with van der Waals surface area (Å²) in [6, 6.07) is -0.884. The molecule has 0 saturated heterocycles. The average molecular weight is 244 g/mol. The molecule has 0 aliphatic rings. The van der Waals surface area contributed by atoms with Gasteiger partial charge in [-0.15, -0.1) is 19.0 Å². The highest BCUT2D eigenvalue weighted by atomic mass is 35.5. The number of hydrogen-bond donors (Lipinski definition) is 2. The van der Waals surface area contributed by atoms with Crippen LogP contribution in [-0.2, 0) is 0 Å². The number of alkyl halides is 2. The largest absolute Gasteiger partial charge is 0.385 e. The molecule has 15 heavy (non-hydrogen) atoms. The van der Waals surface area contributed by atoms with E-state index in [1.807, 2.05) is 13.8 Å². The zero-order valence-electron chi connectivity index (χ0n) is 9.12. The lowest BCUT2D eigenvalue weighted by Gasteiger charge is -2.27. The maximum Gasteiger partial charge on any atom is 0.278 e. The summed E-state index contributed by atoms with van der Waals surface area (Å²) in [7, 11) is 0. The van der Waals surface area contributed by atoms with Crippen molar-refractivity contribution < 1.29 is 13.9 Å². The molecule has 2 unspecified atom stereocenters. The molecule has 92 valence electrons. The van der Waals surface area contributed by atoms with Gasteiger partial charge in [-0.2, -0.15) is 0 Å². The van der Waals surface area contributed by atoms with Gasteiger partial charge >= 0.3 is 0 Å². The molecule has 0 aliphatic carbocycles. The number of allylic oxidation sites excluding steroid dienone is 1. The van der Waals surface area contributed by atoms with Gasteiger partial charge in [-0.1, -0.05) is 19.9 Å². The number of halogens is 3. The lowest BCUT2D eigenvalue weighted by molar-refractivity contribution is -0.116. The van der Waals surface area contributed by atoms with E-state index >= 15 is 0 Å². The van der Waals surface area contributed by atoms with Gasteiger partial charge in [0.1, 0.15) is 6.10 Å². The van der Waals surface area contributed by atoms with E-state index in [4.69, 9.17) is 5.73 Å². The number of rotatable bonds is 6. The third-order valence-corrected chi connectivity index (χ3v) is 2.00. The highest BCUT2D eigenvalue weighted by Gasteiger charge is 2.40. The summed E-state index contributed by atoms with van der Waals surface area (Å²) in [6.07, 6.45) is -0.859. The molecule has 0 spiro atoms. The fourth-order valence-corrected chi connectivity index (χ4v) is 1.30. The van der Waals surface area contributed by atoms with Crippen molar-refractivity contribution in [2.75, 3.05) is 0 Å². The fourth-order valence-electron chi connectivity index (χ4n) is 1.30. The summed E-state index contributed by atoms with van der Waals surface area (Å²) < 4.78 is 26.2. The van der Waals surface area contributed by atoms with Gasteiger partial charge < -0.3 is 10.8 Å². The van der Waals surface area contributed by atoms with Crippen molar-refractivity contribution in [1.82, 2.24) is 0 Å². The van der Waals surface area contributed by atoms with E-state index in [9.17, 15) is 13.9 Å². The first-order chi connectivity index (χ1) is 6.31. The van der Waals surface area contributed by atoms with E-state index in [-0.39, 0.29) is 18.3 Å². The van der Waals surface area contributed by atoms with E-state index < -0.39 is 24.5 Å². The van der Waals surface area contributed by atoms with Crippen LogP contribution < -0.4 is 5.73 Å². The van der Waals surface area contributed by atoms with Gasteiger partial charge in [-0.25, -0.2) is 8.78 Å². The SMILES string of the molecule is C=CCC(F)(F)C(O)C(N)CC(C)C.Cl. The standard InChI is InChI=1S/C10H19F2NO.ClH/c1-4-5-10(11,12)9(14)8(13)6-7(2)3;/h4,7-9,14H,1,5-6,13H2,2-3H3;1H. The van der Waals surface area contributed by atoms with E-state index in [0.29, 0.717) is 6.42 Å². The van der Waals surface area contributed by atoms with Crippen LogP contribution in [-0.4, -0.2) is 23.2 Å². The molecule has 0 aliphatic heterocycles. The lowest BCUT2D eigenvalue weighted by atomic mass is 9.95. The predicted octanol–water partition coefficient (Wildman–Crippen LogP) is 2.35. The minimum absolute atomic E-state index is 0. The van der Waals surface area contributed by atoms with Gasteiger partial charge in [0.25, 0.3) is 5.92 Å². The molecule has 5 heteroatoms. The van der Waals surface area contributed by atoms with Crippen LogP contribution in [0.25, 0.3) is 0 Å². The van der Waals surface area contributed by atoms with Crippen LogP contribution in [0.4, 0.5) is 8.78 Å². The number of aliphatic hydroxyl groups excluding tert-OH is 1. The Morgan fingerprint density at radius 2 is 1.93 bits per heavy atom. The minimum Gasteiger partial charge on any atom is -0.385 e. The first-order valence-electron chi connectivity index (χ1n) is 4.73. The Balaban J connectivity index is 0. The van der Waals surface area contributed by atoms with Gasteiger partial charge in [0.2, 0.25) is 0 Å². The monoisotopic (exact) mass is 243 g/mol. The zero-order valence-corrected chi connectivity index (χ0v) is 9.94. The molecular weight excluding hydrogens is 224 g/mol. The summed E-state index contributed by atoms with van der Waals surface area (Å²) >= 11 is 0. The molecule has 2 nitrogen and oxygen atoms in total. The van der Waals surface area contributed by atoms with Crippen LogP contribution in [0.15, 0.2) is 12.7 Å². The summed E-state index contributed by atoms with van der Waals surface area (Å²) in [6.45, 7) is 6.96. The smallest absolute Gasteiger partial charge is 0.278 e. The van der Waals surface area contributed by atoms with Gasteiger partial charge in [-0.3, -0.25) is 0 Å². The molecule has 0 amide bonds. The Kier molecular flexibility index (Phi) is 8.20. The van der Waals surface area contributed by atoms with Gasteiger partial charge in [0, 0.05) is 12.5 Å². The number of nitrogens with two attached hydrogens (primary N) is 1. The molecule has 0 fully saturated rings. The summed E-state index contributed by atoms with van der Waals surface area (Å²) in [5, 5.41) is 9.30. The Hall–Kier alpha value is -0.190. The average Bonchev–Trinajstić information content (AvgIpc) is 2.01. The highest BCUT2D eigenvalue weighted by Crippen LogP contribution is 2.26. The molecule has 0 heterocycles. The molecular formula is C10H20ClF2NO. The van der Waals surface area contributed by atoms with E-state index in [0.717, 1.165) is 6.08 Å². The number of hydrogen-bond acceptors (Lipinski definition) is 2. The molecule has 0 radical (unpaired) electrons. The van der Waals surface area contributed by atoms with Gasteiger partial charge in [0.05, 0.1) is 0 Å². The lowest BCUT2D eigenvalue weighted by Crippen LogP contribution is -2.47. The van der Waals surface area contributed by atoms with Gasteiger partial charge in [-0.05, 0) is 12.3 Å². The first-order valence-corrected chi connectivity index (χ1v) is 4.73. The van der Waals surface area contributed by atoms with E-state index in [2.05, 4.69) is 6.58 Å². The van der Waals surface area contributed by atoms with Crippen LogP contribution >= 0.6 is 12.4 Å².